The number of methoxy groups -OCH3 is 2. The minimum absolute atomic E-state index is 0.109. The Kier molecular flexibility index (Phi) is 12.0. The summed E-state index contributed by atoms with van der Waals surface area (Å²) in [4.78, 5) is 73.8. The molecular formula is C42H52N8O6S2. The van der Waals surface area contributed by atoms with Crippen LogP contribution in [-0.4, -0.2) is 93.1 Å². The summed E-state index contributed by atoms with van der Waals surface area (Å²) in [6.07, 6.45) is 3.97. The number of thiophene rings is 2. The molecule has 14 nitrogen and oxygen atoms in total. The highest BCUT2D eigenvalue weighted by atomic mass is 32.1. The molecule has 308 valence electrons. The van der Waals surface area contributed by atoms with E-state index in [0.717, 1.165) is 51.9 Å². The molecule has 2 saturated heterocycles. The van der Waals surface area contributed by atoms with Gasteiger partial charge in [-0.05, 0) is 59.8 Å². The van der Waals surface area contributed by atoms with Gasteiger partial charge in [-0.2, -0.15) is 0 Å². The van der Waals surface area contributed by atoms with Gasteiger partial charge < -0.3 is 39.9 Å². The summed E-state index contributed by atoms with van der Waals surface area (Å²) in [6, 6.07) is 11.0. The van der Waals surface area contributed by atoms with Gasteiger partial charge in [-0.25, -0.2) is 19.6 Å². The van der Waals surface area contributed by atoms with E-state index < -0.39 is 24.3 Å². The molecule has 2 aliphatic rings. The Morgan fingerprint density at radius 1 is 0.690 bits per heavy atom. The fourth-order valence-electron chi connectivity index (χ4n) is 8.06. The first-order chi connectivity index (χ1) is 27.7. The lowest BCUT2D eigenvalue weighted by molar-refractivity contribution is -0.136. The Balaban J connectivity index is 1.03. The molecule has 0 bridgehead atoms. The molecule has 58 heavy (non-hydrogen) atoms. The summed E-state index contributed by atoms with van der Waals surface area (Å²) in [6.45, 7) is 13.1. The van der Waals surface area contributed by atoms with Crippen LogP contribution in [0.15, 0.2) is 48.8 Å². The molecule has 0 aliphatic carbocycles. The number of carbonyl (C=O) groups is 4. The van der Waals surface area contributed by atoms with Crippen molar-refractivity contribution in [2.24, 2.45) is 23.7 Å². The van der Waals surface area contributed by atoms with Gasteiger partial charge in [0.2, 0.25) is 11.8 Å². The lowest BCUT2D eigenvalue weighted by atomic mass is 10.0. The first-order valence-electron chi connectivity index (χ1n) is 19.8. The van der Waals surface area contributed by atoms with Crippen molar-refractivity contribution in [3.8, 4) is 32.3 Å². The van der Waals surface area contributed by atoms with E-state index in [4.69, 9.17) is 19.4 Å². The van der Waals surface area contributed by atoms with Crippen LogP contribution in [0.2, 0.25) is 0 Å². The standard InChI is InChI=1S/C42H52N8O6S2/c1-21(2)35(47-41(53)55-7)39(51)49-19-23(5)13-29(49)37-43-17-27(45-37)25-9-11-26(12-10-25)31-15-33-34(57-31)16-32(58-33)28-18-44-38(46-28)30-14-24(6)20-50(30)40(52)36(22(3)4)48-42(54)56-8/h9-12,15-18,21-24,29-30,35-36H,13-14,19-20H2,1-8H3,(H,43,45)(H,44,46)(H,47,53)(H,48,54)/t23-,24-,29-,30-,35-,36-/m0/s1. The molecular weight excluding hydrogens is 777 g/mol. The smallest absolute Gasteiger partial charge is 0.407 e. The predicted molar refractivity (Wildman–Crippen MR) is 225 cm³/mol. The second-order valence-corrected chi connectivity index (χ2v) is 18.5. The molecule has 0 spiro atoms. The molecule has 0 radical (unpaired) electrons. The number of aromatic nitrogens is 4. The maximum Gasteiger partial charge on any atom is 0.407 e. The second kappa shape index (κ2) is 16.9. The van der Waals surface area contributed by atoms with E-state index in [1.807, 2.05) is 49.9 Å². The number of nitrogens with zero attached hydrogens (tertiary/aromatic N) is 4. The number of carbonyl (C=O) groups excluding carboxylic acids is 4. The number of rotatable bonds is 11. The number of hydrogen-bond acceptors (Lipinski definition) is 10. The van der Waals surface area contributed by atoms with Crippen LogP contribution in [0.25, 0.3) is 41.7 Å². The van der Waals surface area contributed by atoms with Gasteiger partial charge in [0.1, 0.15) is 23.7 Å². The van der Waals surface area contributed by atoms with Crippen LogP contribution in [0.3, 0.4) is 0 Å². The first-order valence-corrected chi connectivity index (χ1v) is 21.4. The zero-order valence-electron chi connectivity index (χ0n) is 34.1. The van der Waals surface area contributed by atoms with Crippen molar-refractivity contribution in [3.63, 3.8) is 0 Å². The van der Waals surface area contributed by atoms with Crippen molar-refractivity contribution in [3.05, 3.63) is 60.4 Å². The Morgan fingerprint density at radius 2 is 1.12 bits per heavy atom. The minimum Gasteiger partial charge on any atom is -0.453 e. The number of H-pyrrole nitrogens is 2. The van der Waals surface area contributed by atoms with Crippen molar-refractivity contribution in [2.45, 2.75) is 78.6 Å². The Bertz CT molecular complexity index is 2240. The van der Waals surface area contributed by atoms with E-state index in [-0.39, 0.29) is 47.6 Å². The molecule has 0 saturated carbocycles. The van der Waals surface area contributed by atoms with Gasteiger partial charge in [0.15, 0.2) is 0 Å². The molecule has 1 aromatic carbocycles. The van der Waals surface area contributed by atoms with E-state index in [2.05, 4.69) is 70.8 Å². The molecule has 2 aliphatic heterocycles. The summed E-state index contributed by atoms with van der Waals surface area (Å²) in [5.74, 6) is 1.55. The molecule has 6 atom stereocenters. The minimum atomic E-state index is -0.696. The SMILES string of the molecule is COC(=O)N[C@H](C(=O)N1C[C@@H](C)C[C@H]1c1ncc(-c2ccc(-c3cc4sc(-c5cnc([C@@H]6C[C@H](C)CN6C(=O)[C@@H](NC(=O)OC)C(C)C)[nH]5)cc4s3)cc2)[nH]1)C(C)C. The van der Waals surface area contributed by atoms with E-state index in [9.17, 15) is 19.2 Å². The lowest BCUT2D eigenvalue weighted by Crippen LogP contribution is -2.51. The van der Waals surface area contributed by atoms with Gasteiger partial charge in [0.25, 0.3) is 0 Å². The quantitative estimate of drug-likeness (QED) is 0.104. The van der Waals surface area contributed by atoms with Crippen LogP contribution in [0.5, 0.6) is 0 Å². The largest absolute Gasteiger partial charge is 0.453 e. The zero-order chi connectivity index (χ0) is 41.4. The molecule has 5 aromatic rings. The third-order valence-corrected chi connectivity index (χ3v) is 13.5. The number of hydrogen-bond donors (Lipinski definition) is 4. The maximum atomic E-state index is 13.7. The normalized spacial score (nSPS) is 20.5. The third kappa shape index (κ3) is 8.35. The molecule has 4 amide bonds. The Labute approximate surface area is 346 Å². The predicted octanol–water partition coefficient (Wildman–Crippen LogP) is 7.99. The fourth-order valence-corrected chi connectivity index (χ4v) is 10.4. The number of likely N-dealkylation sites (tertiary alicyclic amines) is 2. The van der Waals surface area contributed by atoms with Crippen LogP contribution in [0, 0.1) is 23.7 Å². The van der Waals surface area contributed by atoms with E-state index in [0.29, 0.717) is 13.1 Å². The molecule has 4 aromatic heterocycles. The third-order valence-electron chi connectivity index (χ3n) is 11.1. The van der Waals surface area contributed by atoms with Gasteiger partial charge in [-0.15, -0.1) is 22.7 Å². The van der Waals surface area contributed by atoms with Crippen LogP contribution >= 0.6 is 22.7 Å². The Morgan fingerprint density at radius 3 is 1.60 bits per heavy atom. The number of imidazole rings is 2. The van der Waals surface area contributed by atoms with Crippen molar-refractivity contribution in [1.29, 1.82) is 0 Å². The monoisotopic (exact) mass is 828 g/mol. The van der Waals surface area contributed by atoms with Crippen LogP contribution in [-0.2, 0) is 19.1 Å². The molecule has 16 heteroatoms. The summed E-state index contributed by atoms with van der Waals surface area (Å²) >= 11 is 3.44. The van der Waals surface area contributed by atoms with Crippen molar-refractivity contribution < 1.29 is 28.7 Å². The molecule has 4 N–H and O–H groups in total. The van der Waals surface area contributed by atoms with Crippen LogP contribution < -0.4 is 10.6 Å². The number of alkyl carbamates (subject to hydrolysis) is 2. The highest BCUT2D eigenvalue weighted by Crippen LogP contribution is 2.43. The van der Waals surface area contributed by atoms with Gasteiger partial charge >= 0.3 is 12.2 Å². The summed E-state index contributed by atoms with van der Waals surface area (Å²) in [7, 11) is 2.59. The highest BCUT2D eigenvalue weighted by molar-refractivity contribution is 7.31. The summed E-state index contributed by atoms with van der Waals surface area (Å²) in [5, 5.41) is 5.43. The average molecular weight is 829 g/mol. The molecule has 7 rings (SSSR count). The number of fused-ring (bicyclic) bond motifs is 1. The van der Waals surface area contributed by atoms with Crippen LogP contribution in [0.4, 0.5) is 9.59 Å². The highest BCUT2D eigenvalue weighted by Gasteiger charge is 2.41. The van der Waals surface area contributed by atoms with Gasteiger partial charge in [0, 0.05) is 27.4 Å². The summed E-state index contributed by atoms with van der Waals surface area (Å²) < 4.78 is 11.9. The lowest BCUT2D eigenvalue weighted by Gasteiger charge is -2.30. The van der Waals surface area contributed by atoms with Gasteiger partial charge in [-0.1, -0.05) is 65.8 Å². The van der Waals surface area contributed by atoms with Crippen molar-refractivity contribution in [2.75, 3.05) is 27.3 Å². The van der Waals surface area contributed by atoms with Crippen molar-refractivity contribution >= 4 is 56.1 Å². The van der Waals surface area contributed by atoms with E-state index in [1.54, 1.807) is 22.7 Å². The first kappa shape index (κ1) is 41.0. The Hall–Kier alpha value is -5.22. The maximum absolute atomic E-state index is 13.7. The number of ether oxygens (including phenoxy) is 2. The van der Waals surface area contributed by atoms with Crippen molar-refractivity contribution in [1.82, 2.24) is 40.4 Å². The number of benzene rings is 1. The second-order valence-electron chi connectivity index (χ2n) is 16.3. The summed E-state index contributed by atoms with van der Waals surface area (Å²) in [5.41, 5.74) is 3.88. The molecule has 6 heterocycles. The topological polar surface area (TPSA) is 175 Å². The van der Waals surface area contributed by atoms with E-state index in [1.165, 1.54) is 28.5 Å². The molecule has 0 unspecified atom stereocenters. The molecule has 2 fully saturated rings. The fraction of sp³-hybridized carbons (Fsp3) is 0.476. The zero-order valence-corrected chi connectivity index (χ0v) is 35.8. The van der Waals surface area contributed by atoms with Crippen LogP contribution in [0.1, 0.15) is 78.1 Å². The van der Waals surface area contributed by atoms with Gasteiger partial charge in [0.05, 0.1) is 55.0 Å². The van der Waals surface area contributed by atoms with Gasteiger partial charge in [-0.3, -0.25) is 9.59 Å². The number of nitrogens with one attached hydrogen (secondary N) is 4. The van der Waals surface area contributed by atoms with E-state index >= 15 is 0 Å². The number of amides is 4. The average Bonchev–Trinajstić information content (AvgIpc) is 4.05. The number of aromatic amines is 2.